The van der Waals surface area contributed by atoms with Gasteiger partial charge in [0.15, 0.2) is 6.29 Å². The molecule has 0 saturated carbocycles. The maximum atomic E-state index is 12.5. The lowest BCUT2D eigenvalue weighted by molar-refractivity contribution is -0.159. The van der Waals surface area contributed by atoms with Crippen molar-refractivity contribution in [2.45, 2.75) is 213 Å². The lowest BCUT2D eigenvalue weighted by Gasteiger charge is -2.21. The quantitative estimate of drug-likeness (QED) is 0.0286. The monoisotopic (exact) mass is 752 g/mol. The van der Waals surface area contributed by atoms with Crippen molar-refractivity contribution in [2.75, 3.05) is 52.7 Å². The summed E-state index contributed by atoms with van der Waals surface area (Å²) in [6.45, 7) is 11.8. The molecule has 0 bridgehead atoms. The summed E-state index contributed by atoms with van der Waals surface area (Å²) in [4.78, 5) is 26.7. The largest absolute Gasteiger partial charge is 0.466 e. The molecule has 0 atom stereocenters. The molecule has 1 N–H and O–H groups in total. The van der Waals surface area contributed by atoms with Gasteiger partial charge in [-0.3, -0.25) is 9.59 Å². The van der Waals surface area contributed by atoms with Crippen LogP contribution in [0.1, 0.15) is 207 Å². The van der Waals surface area contributed by atoms with Crippen LogP contribution in [0.3, 0.4) is 0 Å². The highest BCUT2D eigenvalue weighted by molar-refractivity contribution is 5.69. The Hall–Kier alpha value is -1.66. The summed E-state index contributed by atoms with van der Waals surface area (Å²) in [6.07, 6.45) is 30.2. The van der Waals surface area contributed by atoms with Gasteiger partial charge in [-0.25, -0.2) is 0 Å². The van der Waals surface area contributed by atoms with Crippen molar-refractivity contribution in [3.63, 3.8) is 0 Å². The van der Waals surface area contributed by atoms with Crippen LogP contribution < -0.4 is 0 Å². The minimum absolute atomic E-state index is 0.109. The molecule has 0 rings (SSSR count). The standard InChI is InChI=1S/C45H85NO7/c1-4-7-10-13-16-23-28-39-50-43(48)32-25-18-17-19-26-35-46(37-38-47)36-27-20-24-29-40-51-44(49)33-34-45(52-41-30-21-14-11-8-5-2)53-42-31-22-15-12-9-6-3/h45,47H,4-15,17-22,24-42H2,1-3H3. The Morgan fingerprint density at radius 1 is 0.491 bits per heavy atom. The topological polar surface area (TPSA) is 94.5 Å². The first-order valence-electron chi connectivity index (χ1n) is 22.4. The second kappa shape index (κ2) is 43.1. The smallest absolute Gasteiger partial charge is 0.305 e. The number of carbonyl (C=O) groups is 2. The van der Waals surface area contributed by atoms with E-state index in [-0.39, 0.29) is 24.8 Å². The minimum Gasteiger partial charge on any atom is -0.466 e. The zero-order chi connectivity index (χ0) is 38.7. The predicted molar refractivity (Wildman–Crippen MR) is 220 cm³/mol. The van der Waals surface area contributed by atoms with Crippen LogP contribution in [-0.4, -0.2) is 80.9 Å². The summed E-state index contributed by atoms with van der Waals surface area (Å²) in [7, 11) is 0. The second-order valence-electron chi connectivity index (χ2n) is 14.7. The van der Waals surface area contributed by atoms with Gasteiger partial charge in [-0.2, -0.15) is 0 Å². The fourth-order valence-corrected chi connectivity index (χ4v) is 6.23. The van der Waals surface area contributed by atoms with E-state index in [0.717, 1.165) is 96.6 Å². The van der Waals surface area contributed by atoms with Crippen LogP contribution in [0.4, 0.5) is 0 Å². The van der Waals surface area contributed by atoms with E-state index in [1.807, 2.05) is 0 Å². The van der Waals surface area contributed by atoms with E-state index in [2.05, 4.69) is 37.5 Å². The molecule has 0 aliphatic rings. The van der Waals surface area contributed by atoms with E-state index in [4.69, 9.17) is 18.9 Å². The van der Waals surface area contributed by atoms with E-state index >= 15 is 0 Å². The zero-order valence-electron chi connectivity index (χ0n) is 35.1. The number of aliphatic hydroxyl groups is 1. The van der Waals surface area contributed by atoms with Crippen LogP contribution in [0.25, 0.3) is 0 Å². The highest BCUT2D eigenvalue weighted by Crippen LogP contribution is 2.13. The molecule has 0 fully saturated rings. The van der Waals surface area contributed by atoms with Crippen molar-refractivity contribution < 1.29 is 33.6 Å². The third-order valence-corrected chi connectivity index (χ3v) is 9.61. The molecule has 0 radical (unpaired) electrons. The molecule has 0 spiro atoms. The molecule has 0 heterocycles. The van der Waals surface area contributed by atoms with Crippen LogP contribution >= 0.6 is 0 Å². The summed E-state index contributed by atoms with van der Waals surface area (Å²) >= 11 is 0. The molecular formula is C45H85NO7. The van der Waals surface area contributed by atoms with Crippen molar-refractivity contribution >= 4 is 11.9 Å². The Bertz CT molecular complexity index is 824. The summed E-state index contributed by atoms with van der Waals surface area (Å²) in [6, 6.07) is 0. The fraction of sp³-hybridized carbons (Fsp3) is 0.911. The summed E-state index contributed by atoms with van der Waals surface area (Å²) in [5.74, 6) is 5.97. The molecule has 0 aromatic heterocycles. The number of unbranched alkanes of at least 4 members (excludes halogenated alkanes) is 20. The van der Waals surface area contributed by atoms with E-state index in [9.17, 15) is 14.7 Å². The fourth-order valence-electron chi connectivity index (χ4n) is 6.23. The van der Waals surface area contributed by atoms with Gasteiger partial charge in [-0.1, -0.05) is 136 Å². The first-order chi connectivity index (χ1) is 26.1. The van der Waals surface area contributed by atoms with Gasteiger partial charge >= 0.3 is 11.9 Å². The van der Waals surface area contributed by atoms with Crippen LogP contribution in [0.5, 0.6) is 0 Å². The molecule has 0 aromatic rings. The van der Waals surface area contributed by atoms with Gasteiger partial charge in [0.25, 0.3) is 0 Å². The molecule has 0 saturated heterocycles. The number of hydrogen-bond donors (Lipinski definition) is 1. The van der Waals surface area contributed by atoms with Gasteiger partial charge in [0.1, 0.15) is 6.61 Å². The lowest BCUT2D eigenvalue weighted by Crippen LogP contribution is -2.29. The van der Waals surface area contributed by atoms with E-state index < -0.39 is 0 Å². The van der Waals surface area contributed by atoms with E-state index in [1.54, 1.807) is 0 Å². The highest BCUT2D eigenvalue weighted by atomic mass is 16.7. The zero-order valence-corrected chi connectivity index (χ0v) is 35.1. The third-order valence-electron chi connectivity index (χ3n) is 9.61. The molecule has 0 amide bonds. The van der Waals surface area contributed by atoms with Crippen LogP contribution in [0.15, 0.2) is 0 Å². The molecule has 0 aliphatic carbocycles. The van der Waals surface area contributed by atoms with Crippen LogP contribution in [-0.2, 0) is 28.5 Å². The Labute approximate surface area is 327 Å². The van der Waals surface area contributed by atoms with Crippen molar-refractivity contribution in [1.82, 2.24) is 4.90 Å². The number of rotatable bonds is 41. The highest BCUT2D eigenvalue weighted by Gasteiger charge is 2.14. The lowest BCUT2D eigenvalue weighted by atomic mass is 10.1. The van der Waals surface area contributed by atoms with Crippen molar-refractivity contribution in [3.8, 4) is 11.8 Å². The summed E-state index contributed by atoms with van der Waals surface area (Å²) in [5, 5.41) is 9.52. The molecule has 8 heteroatoms. The second-order valence-corrected chi connectivity index (χ2v) is 14.7. The Morgan fingerprint density at radius 3 is 1.53 bits per heavy atom. The van der Waals surface area contributed by atoms with Gasteiger partial charge in [-0.05, 0) is 58.0 Å². The van der Waals surface area contributed by atoms with Gasteiger partial charge in [0.05, 0.1) is 19.6 Å². The molecule has 0 aromatic carbocycles. The molecule has 8 nitrogen and oxygen atoms in total. The number of carbonyl (C=O) groups excluding carboxylic acids is 2. The van der Waals surface area contributed by atoms with Crippen molar-refractivity contribution in [1.29, 1.82) is 0 Å². The summed E-state index contributed by atoms with van der Waals surface area (Å²) < 4.78 is 23.0. The number of aliphatic hydroxyl groups excluding tert-OH is 1. The Kier molecular flexibility index (Phi) is 41.7. The SMILES string of the molecule is CCCCCC#CCCOC(=O)CCCCCCCN(CCO)CCCCCCOC(=O)CCC(OCCCCCCCC)OCCCCCCCC. The summed E-state index contributed by atoms with van der Waals surface area (Å²) in [5.41, 5.74) is 0. The van der Waals surface area contributed by atoms with Crippen LogP contribution in [0.2, 0.25) is 0 Å². The van der Waals surface area contributed by atoms with Crippen molar-refractivity contribution in [3.05, 3.63) is 0 Å². The minimum atomic E-state index is -0.327. The Morgan fingerprint density at radius 2 is 0.943 bits per heavy atom. The number of hydrogen-bond acceptors (Lipinski definition) is 8. The maximum absolute atomic E-state index is 12.5. The van der Waals surface area contributed by atoms with Crippen LogP contribution in [0, 0.1) is 11.8 Å². The number of ether oxygens (including phenoxy) is 4. The van der Waals surface area contributed by atoms with Gasteiger partial charge in [0, 0.05) is 45.4 Å². The van der Waals surface area contributed by atoms with Crippen molar-refractivity contribution in [2.24, 2.45) is 0 Å². The number of esters is 2. The van der Waals surface area contributed by atoms with Gasteiger partial charge < -0.3 is 29.0 Å². The number of nitrogens with zero attached hydrogens (tertiary/aromatic N) is 1. The molecule has 0 unspecified atom stereocenters. The molecule has 312 valence electrons. The predicted octanol–water partition coefficient (Wildman–Crippen LogP) is 11.1. The first-order valence-corrected chi connectivity index (χ1v) is 22.4. The first kappa shape index (κ1) is 51.3. The molecular weight excluding hydrogens is 666 g/mol. The maximum Gasteiger partial charge on any atom is 0.305 e. The Balaban J connectivity index is 3.99. The molecule has 53 heavy (non-hydrogen) atoms. The average Bonchev–Trinajstić information content (AvgIpc) is 3.15. The van der Waals surface area contributed by atoms with Gasteiger partial charge in [0.2, 0.25) is 0 Å². The normalized spacial score (nSPS) is 11.3. The van der Waals surface area contributed by atoms with E-state index in [0.29, 0.717) is 58.7 Å². The third kappa shape index (κ3) is 39.8. The van der Waals surface area contributed by atoms with E-state index in [1.165, 1.54) is 77.0 Å². The average molecular weight is 752 g/mol. The molecule has 0 aliphatic heterocycles. The van der Waals surface area contributed by atoms with Gasteiger partial charge in [-0.15, -0.1) is 5.92 Å².